The standard InChI is InChI=1S/C29H26N2O5S/c1-5-36-28(33)24-17(2)30-29-31(27(32)23(37-29)16-18-10-13-20(34-3)14-11-18)26(24)25-21-9-7-6-8-19(21)12-15-22(25)35-4/h6-16,26H,5H2,1-4H3/b23-16-/t26-/m1/s1. The monoisotopic (exact) mass is 514 g/mol. The molecule has 3 aromatic carbocycles. The van der Waals surface area contributed by atoms with Gasteiger partial charge in [-0.15, -0.1) is 0 Å². The predicted octanol–water partition coefficient (Wildman–Crippen LogP) is 3.97. The highest BCUT2D eigenvalue weighted by molar-refractivity contribution is 7.07. The van der Waals surface area contributed by atoms with Crippen LogP contribution in [0.3, 0.4) is 0 Å². The molecule has 0 saturated carbocycles. The van der Waals surface area contributed by atoms with Gasteiger partial charge in [0.05, 0.1) is 36.6 Å². The zero-order valence-corrected chi connectivity index (χ0v) is 21.8. The maximum Gasteiger partial charge on any atom is 0.338 e. The molecule has 37 heavy (non-hydrogen) atoms. The van der Waals surface area contributed by atoms with Gasteiger partial charge in [0.2, 0.25) is 0 Å². The second kappa shape index (κ2) is 10.1. The second-order valence-corrected chi connectivity index (χ2v) is 9.49. The van der Waals surface area contributed by atoms with E-state index in [1.807, 2.05) is 66.7 Å². The molecule has 0 aliphatic carbocycles. The molecule has 8 heteroatoms. The van der Waals surface area contributed by atoms with Gasteiger partial charge in [-0.05, 0) is 54.5 Å². The molecule has 0 amide bonds. The summed E-state index contributed by atoms with van der Waals surface area (Å²) in [4.78, 5) is 32.4. The molecule has 1 aliphatic heterocycles. The number of carbonyl (C=O) groups is 1. The van der Waals surface area contributed by atoms with E-state index < -0.39 is 12.0 Å². The molecule has 2 heterocycles. The van der Waals surface area contributed by atoms with Crippen molar-refractivity contribution in [3.63, 3.8) is 0 Å². The van der Waals surface area contributed by atoms with Crippen LogP contribution in [0.2, 0.25) is 0 Å². The molecule has 188 valence electrons. The molecule has 0 fully saturated rings. The van der Waals surface area contributed by atoms with Crippen LogP contribution < -0.4 is 24.4 Å². The Bertz CT molecular complexity index is 1710. The Kier molecular flexibility index (Phi) is 6.67. The highest BCUT2D eigenvalue weighted by Crippen LogP contribution is 2.40. The number of benzene rings is 3. The molecule has 4 aromatic rings. The van der Waals surface area contributed by atoms with Crippen LogP contribution in [0.5, 0.6) is 11.5 Å². The molecule has 5 rings (SSSR count). The number of methoxy groups -OCH3 is 2. The van der Waals surface area contributed by atoms with Crippen molar-refractivity contribution in [3.8, 4) is 11.5 Å². The van der Waals surface area contributed by atoms with Crippen LogP contribution in [-0.4, -0.2) is 31.4 Å². The van der Waals surface area contributed by atoms with Gasteiger partial charge < -0.3 is 14.2 Å². The smallest absolute Gasteiger partial charge is 0.338 e. The third kappa shape index (κ3) is 4.34. The van der Waals surface area contributed by atoms with Gasteiger partial charge in [0.25, 0.3) is 5.56 Å². The quantitative estimate of drug-likeness (QED) is 0.364. The Labute approximate surface area is 217 Å². The number of allylic oxidation sites excluding steroid dienone is 1. The van der Waals surface area contributed by atoms with Crippen molar-refractivity contribution in [2.24, 2.45) is 4.99 Å². The number of rotatable bonds is 6. The Morgan fingerprint density at radius 1 is 1.05 bits per heavy atom. The summed E-state index contributed by atoms with van der Waals surface area (Å²) in [6, 6.07) is 18.4. The van der Waals surface area contributed by atoms with E-state index in [-0.39, 0.29) is 12.2 Å². The number of ether oxygens (including phenoxy) is 3. The maximum absolute atomic E-state index is 13.9. The summed E-state index contributed by atoms with van der Waals surface area (Å²) < 4.78 is 18.5. The van der Waals surface area contributed by atoms with E-state index in [1.54, 1.807) is 32.6 Å². The van der Waals surface area contributed by atoms with E-state index in [9.17, 15) is 9.59 Å². The zero-order chi connectivity index (χ0) is 26.1. The molecule has 0 unspecified atom stereocenters. The van der Waals surface area contributed by atoms with Crippen LogP contribution in [0, 0.1) is 0 Å². The van der Waals surface area contributed by atoms with Gasteiger partial charge in [0.1, 0.15) is 17.5 Å². The van der Waals surface area contributed by atoms with Gasteiger partial charge in [-0.1, -0.05) is 53.8 Å². The fraction of sp³-hybridized carbons (Fsp3) is 0.207. The van der Waals surface area contributed by atoms with Crippen LogP contribution in [0.15, 0.2) is 81.7 Å². The predicted molar refractivity (Wildman–Crippen MR) is 144 cm³/mol. The summed E-state index contributed by atoms with van der Waals surface area (Å²) in [5.74, 6) is 0.800. The lowest BCUT2D eigenvalue weighted by Gasteiger charge is -2.27. The average Bonchev–Trinajstić information content (AvgIpc) is 3.21. The van der Waals surface area contributed by atoms with Crippen LogP contribution >= 0.6 is 11.3 Å². The van der Waals surface area contributed by atoms with Gasteiger partial charge in [0, 0.05) is 5.56 Å². The molecular formula is C29H26N2O5S. The van der Waals surface area contributed by atoms with E-state index >= 15 is 0 Å². The number of carbonyl (C=O) groups excluding carboxylic acids is 1. The highest BCUT2D eigenvalue weighted by Gasteiger charge is 2.36. The topological polar surface area (TPSA) is 79.1 Å². The Hall–Kier alpha value is -4.17. The van der Waals surface area contributed by atoms with Gasteiger partial charge in [-0.25, -0.2) is 9.79 Å². The normalized spacial score (nSPS) is 15.4. The first-order valence-electron chi connectivity index (χ1n) is 11.9. The number of nitrogens with zero attached hydrogens (tertiary/aromatic N) is 2. The lowest BCUT2D eigenvalue weighted by Crippen LogP contribution is -2.40. The van der Waals surface area contributed by atoms with E-state index in [0.717, 1.165) is 27.6 Å². The SMILES string of the molecule is CCOC(=O)C1=C(C)N=c2s/c(=C\c3ccc(OC)cc3)c(=O)n2[C@H]1c1c(OC)ccc2ccccc12. The first-order chi connectivity index (χ1) is 18.0. The average molecular weight is 515 g/mol. The minimum atomic E-state index is -0.769. The fourth-order valence-corrected chi connectivity index (χ4v) is 5.70. The lowest BCUT2D eigenvalue weighted by atomic mass is 9.90. The summed E-state index contributed by atoms with van der Waals surface area (Å²) in [6.07, 6.45) is 1.82. The third-order valence-electron chi connectivity index (χ3n) is 6.35. The van der Waals surface area contributed by atoms with E-state index in [2.05, 4.69) is 4.99 Å². The number of hydrogen-bond acceptors (Lipinski definition) is 7. The van der Waals surface area contributed by atoms with Crippen molar-refractivity contribution in [2.75, 3.05) is 20.8 Å². The van der Waals surface area contributed by atoms with Crippen molar-refractivity contribution < 1.29 is 19.0 Å². The molecule has 0 saturated heterocycles. The van der Waals surface area contributed by atoms with Gasteiger partial charge in [0.15, 0.2) is 4.80 Å². The van der Waals surface area contributed by atoms with Crippen LogP contribution in [0.25, 0.3) is 16.8 Å². The molecule has 0 bridgehead atoms. The molecule has 1 aliphatic rings. The fourth-order valence-electron chi connectivity index (χ4n) is 4.65. The van der Waals surface area contributed by atoms with Crippen molar-refractivity contribution in [2.45, 2.75) is 19.9 Å². The van der Waals surface area contributed by atoms with Crippen molar-refractivity contribution in [1.29, 1.82) is 0 Å². The van der Waals surface area contributed by atoms with E-state index in [4.69, 9.17) is 14.2 Å². The van der Waals surface area contributed by atoms with Crippen LogP contribution in [-0.2, 0) is 9.53 Å². The molecule has 0 radical (unpaired) electrons. The minimum absolute atomic E-state index is 0.205. The summed E-state index contributed by atoms with van der Waals surface area (Å²) in [7, 11) is 3.19. The number of esters is 1. The van der Waals surface area contributed by atoms with Crippen LogP contribution in [0.1, 0.15) is 31.0 Å². The van der Waals surface area contributed by atoms with Crippen molar-refractivity contribution in [1.82, 2.24) is 4.57 Å². The van der Waals surface area contributed by atoms with Gasteiger partial charge in [-0.2, -0.15) is 0 Å². The number of fused-ring (bicyclic) bond motifs is 2. The first kappa shape index (κ1) is 24.5. The molecule has 7 nitrogen and oxygen atoms in total. The largest absolute Gasteiger partial charge is 0.497 e. The lowest BCUT2D eigenvalue weighted by molar-refractivity contribution is -0.139. The summed E-state index contributed by atoms with van der Waals surface area (Å²) in [5.41, 5.74) is 2.16. The molecule has 1 atom stereocenters. The van der Waals surface area contributed by atoms with Gasteiger partial charge in [-0.3, -0.25) is 9.36 Å². The minimum Gasteiger partial charge on any atom is -0.497 e. The summed E-state index contributed by atoms with van der Waals surface area (Å²) in [6.45, 7) is 3.74. The van der Waals surface area contributed by atoms with E-state index in [0.29, 0.717) is 26.4 Å². The van der Waals surface area contributed by atoms with E-state index in [1.165, 1.54) is 11.3 Å². The number of aromatic nitrogens is 1. The Morgan fingerprint density at radius 2 is 1.81 bits per heavy atom. The van der Waals surface area contributed by atoms with Crippen molar-refractivity contribution >= 4 is 34.2 Å². The number of hydrogen-bond donors (Lipinski definition) is 0. The third-order valence-corrected chi connectivity index (χ3v) is 7.34. The molecular weight excluding hydrogens is 488 g/mol. The Morgan fingerprint density at radius 3 is 2.51 bits per heavy atom. The second-order valence-electron chi connectivity index (χ2n) is 8.48. The summed E-state index contributed by atoms with van der Waals surface area (Å²) >= 11 is 1.28. The Balaban J connectivity index is 1.82. The summed E-state index contributed by atoms with van der Waals surface area (Å²) in [5, 5.41) is 1.85. The maximum atomic E-state index is 13.9. The molecule has 1 aromatic heterocycles. The van der Waals surface area contributed by atoms with Crippen LogP contribution in [0.4, 0.5) is 0 Å². The zero-order valence-electron chi connectivity index (χ0n) is 21.0. The highest BCUT2D eigenvalue weighted by atomic mass is 32.1. The molecule has 0 spiro atoms. The van der Waals surface area contributed by atoms with Crippen molar-refractivity contribution in [3.05, 3.63) is 103 Å². The molecule has 0 N–H and O–H groups in total. The first-order valence-corrected chi connectivity index (χ1v) is 12.7. The van der Waals surface area contributed by atoms with Gasteiger partial charge >= 0.3 is 5.97 Å². The number of thiazole rings is 1.